The Morgan fingerprint density at radius 3 is 2.37 bits per heavy atom. The molecule has 0 fully saturated rings. The minimum absolute atomic E-state index is 0.187. The first-order valence-corrected chi connectivity index (χ1v) is 8.51. The van der Waals surface area contributed by atoms with Crippen molar-refractivity contribution in [2.45, 2.75) is 13.8 Å². The Morgan fingerprint density at radius 2 is 1.78 bits per heavy atom. The Kier molecular flexibility index (Phi) is 5.07. The number of benzene rings is 2. The molecule has 0 atom stereocenters. The molecular weight excluding hydrogens is 342 g/mol. The van der Waals surface area contributed by atoms with Gasteiger partial charge in [0.05, 0.1) is 17.0 Å². The van der Waals surface area contributed by atoms with E-state index in [1.807, 2.05) is 51.1 Å². The Bertz CT molecular complexity index is 944. The second-order valence-corrected chi connectivity index (χ2v) is 6.50. The Labute approximate surface area is 158 Å². The van der Waals surface area contributed by atoms with E-state index in [-0.39, 0.29) is 5.91 Å². The van der Waals surface area contributed by atoms with Gasteiger partial charge in [-0.3, -0.25) is 9.59 Å². The van der Waals surface area contributed by atoms with Crippen molar-refractivity contribution in [1.82, 2.24) is 0 Å². The molecule has 6 nitrogen and oxygen atoms in total. The summed E-state index contributed by atoms with van der Waals surface area (Å²) in [5.74, 6) is 0.223. The van der Waals surface area contributed by atoms with Crippen molar-refractivity contribution in [1.29, 1.82) is 0 Å². The van der Waals surface area contributed by atoms with Gasteiger partial charge in [0, 0.05) is 19.8 Å². The fraction of sp³-hybridized carbons (Fsp3) is 0.190. The largest absolute Gasteiger partial charge is 0.429 e. The van der Waals surface area contributed by atoms with Crippen molar-refractivity contribution in [2.75, 3.05) is 24.0 Å². The third-order valence-electron chi connectivity index (χ3n) is 4.40. The van der Waals surface area contributed by atoms with Gasteiger partial charge in [-0.2, -0.15) is 10.1 Å². The van der Waals surface area contributed by atoms with Crippen LogP contribution < -0.4 is 14.6 Å². The molecule has 27 heavy (non-hydrogen) atoms. The fourth-order valence-electron chi connectivity index (χ4n) is 2.84. The molecule has 3 rings (SSSR count). The van der Waals surface area contributed by atoms with Crippen LogP contribution in [-0.2, 0) is 9.59 Å². The van der Waals surface area contributed by atoms with Crippen LogP contribution in [-0.4, -0.2) is 32.2 Å². The lowest BCUT2D eigenvalue weighted by Gasteiger charge is -2.14. The van der Waals surface area contributed by atoms with E-state index in [1.165, 1.54) is 5.01 Å². The molecular formula is C21H21N3O3. The SMILES string of the molecule is CC1=NN(c2ccc(OC=O)cc2)C(=O)C1=Cc1ccc(N(C)C)cc1C. The number of aryl methyl sites for hydroxylation is 1. The van der Waals surface area contributed by atoms with Crippen molar-refractivity contribution in [3.8, 4) is 5.75 Å². The number of carbonyl (C=O) groups is 2. The molecule has 0 aliphatic carbocycles. The van der Waals surface area contributed by atoms with E-state index in [0.717, 1.165) is 16.8 Å². The van der Waals surface area contributed by atoms with Crippen molar-refractivity contribution in [3.63, 3.8) is 0 Å². The second kappa shape index (κ2) is 7.45. The van der Waals surface area contributed by atoms with Crippen LogP contribution in [0.15, 0.2) is 53.1 Å². The number of nitrogens with zero attached hydrogens (tertiary/aromatic N) is 3. The number of hydrazone groups is 1. The summed E-state index contributed by atoms with van der Waals surface area (Å²) in [6.45, 7) is 4.20. The Morgan fingerprint density at radius 1 is 1.07 bits per heavy atom. The van der Waals surface area contributed by atoms with Gasteiger partial charge in [0.1, 0.15) is 5.75 Å². The summed E-state index contributed by atoms with van der Waals surface area (Å²) in [5.41, 5.74) is 5.00. The average Bonchev–Trinajstić information content (AvgIpc) is 2.92. The zero-order valence-corrected chi connectivity index (χ0v) is 15.8. The molecule has 0 aromatic heterocycles. The van der Waals surface area contributed by atoms with Crippen molar-refractivity contribution in [3.05, 3.63) is 59.2 Å². The molecule has 0 unspecified atom stereocenters. The minimum atomic E-state index is -0.187. The van der Waals surface area contributed by atoms with Crippen LogP contribution in [0.5, 0.6) is 5.75 Å². The quantitative estimate of drug-likeness (QED) is 0.603. The topological polar surface area (TPSA) is 62.2 Å². The highest BCUT2D eigenvalue weighted by Crippen LogP contribution is 2.28. The number of hydrogen-bond donors (Lipinski definition) is 0. The summed E-state index contributed by atoms with van der Waals surface area (Å²) < 4.78 is 4.78. The normalized spacial score (nSPS) is 15.1. The summed E-state index contributed by atoms with van der Waals surface area (Å²) in [7, 11) is 3.99. The van der Waals surface area contributed by atoms with Gasteiger partial charge in [-0.05, 0) is 67.4 Å². The predicted octanol–water partition coefficient (Wildman–Crippen LogP) is 3.40. The third-order valence-corrected chi connectivity index (χ3v) is 4.40. The first kappa shape index (κ1) is 18.4. The van der Waals surface area contributed by atoms with Crippen molar-refractivity contribution >= 4 is 35.5 Å². The lowest BCUT2D eigenvalue weighted by Crippen LogP contribution is -2.21. The van der Waals surface area contributed by atoms with Crippen LogP contribution in [0.2, 0.25) is 0 Å². The average molecular weight is 363 g/mol. The molecule has 1 amide bonds. The van der Waals surface area contributed by atoms with Gasteiger partial charge in [0.25, 0.3) is 12.4 Å². The maximum Gasteiger partial charge on any atom is 0.298 e. The highest BCUT2D eigenvalue weighted by Gasteiger charge is 2.28. The second-order valence-electron chi connectivity index (χ2n) is 6.50. The molecule has 1 heterocycles. The molecule has 0 saturated carbocycles. The summed E-state index contributed by atoms with van der Waals surface area (Å²) in [5, 5.41) is 5.74. The molecule has 0 spiro atoms. The predicted molar refractivity (Wildman–Crippen MR) is 107 cm³/mol. The smallest absolute Gasteiger partial charge is 0.298 e. The number of ether oxygens (including phenoxy) is 1. The van der Waals surface area contributed by atoms with E-state index in [2.05, 4.69) is 11.2 Å². The monoisotopic (exact) mass is 363 g/mol. The molecule has 0 bridgehead atoms. The number of amides is 1. The van der Waals surface area contributed by atoms with Gasteiger partial charge in [-0.25, -0.2) is 0 Å². The van der Waals surface area contributed by atoms with Crippen LogP contribution in [0.25, 0.3) is 6.08 Å². The zero-order valence-electron chi connectivity index (χ0n) is 15.8. The van der Waals surface area contributed by atoms with E-state index in [0.29, 0.717) is 29.2 Å². The maximum absolute atomic E-state index is 12.9. The van der Waals surface area contributed by atoms with Crippen molar-refractivity contribution in [2.24, 2.45) is 5.10 Å². The van der Waals surface area contributed by atoms with Crippen LogP contribution in [0.4, 0.5) is 11.4 Å². The van der Waals surface area contributed by atoms with E-state index >= 15 is 0 Å². The van der Waals surface area contributed by atoms with Crippen molar-refractivity contribution < 1.29 is 14.3 Å². The highest BCUT2D eigenvalue weighted by atomic mass is 16.5. The molecule has 0 radical (unpaired) electrons. The molecule has 6 heteroatoms. The van der Waals surface area contributed by atoms with Crippen LogP contribution in [0.1, 0.15) is 18.1 Å². The summed E-state index contributed by atoms with van der Waals surface area (Å²) in [6, 6.07) is 12.7. The molecule has 0 N–H and O–H groups in total. The third kappa shape index (κ3) is 3.74. The molecule has 0 saturated heterocycles. The Balaban J connectivity index is 1.88. The number of hydrogen-bond acceptors (Lipinski definition) is 5. The Hall–Kier alpha value is -3.41. The lowest BCUT2D eigenvalue weighted by molar-refractivity contribution is -0.120. The highest BCUT2D eigenvalue weighted by molar-refractivity contribution is 6.32. The summed E-state index contributed by atoms with van der Waals surface area (Å²) in [4.78, 5) is 25.3. The zero-order chi connectivity index (χ0) is 19.6. The first-order valence-electron chi connectivity index (χ1n) is 8.51. The minimum Gasteiger partial charge on any atom is -0.429 e. The summed E-state index contributed by atoms with van der Waals surface area (Å²) in [6.07, 6.45) is 1.87. The van der Waals surface area contributed by atoms with Crippen LogP contribution in [0, 0.1) is 6.92 Å². The van der Waals surface area contributed by atoms with E-state index < -0.39 is 0 Å². The maximum atomic E-state index is 12.9. The molecule has 2 aromatic rings. The van der Waals surface area contributed by atoms with Gasteiger partial charge in [0.2, 0.25) is 0 Å². The molecule has 1 aliphatic heterocycles. The van der Waals surface area contributed by atoms with E-state index in [9.17, 15) is 9.59 Å². The number of carbonyl (C=O) groups excluding carboxylic acids is 2. The van der Waals surface area contributed by atoms with Gasteiger partial charge in [0.15, 0.2) is 0 Å². The van der Waals surface area contributed by atoms with Gasteiger partial charge in [-0.1, -0.05) is 6.07 Å². The van der Waals surface area contributed by atoms with Gasteiger partial charge < -0.3 is 9.64 Å². The van der Waals surface area contributed by atoms with Gasteiger partial charge in [-0.15, -0.1) is 0 Å². The van der Waals surface area contributed by atoms with Gasteiger partial charge >= 0.3 is 0 Å². The fourth-order valence-corrected chi connectivity index (χ4v) is 2.84. The van der Waals surface area contributed by atoms with Crippen LogP contribution >= 0.6 is 0 Å². The van der Waals surface area contributed by atoms with E-state index in [1.54, 1.807) is 24.3 Å². The molecule has 138 valence electrons. The van der Waals surface area contributed by atoms with E-state index in [4.69, 9.17) is 4.74 Å². The molecule has 2 aromatic carbocycles. The standard InChI is InChI=1S/C21H21N3O3/c1-14-11-18(23(3)4)6-5-16(14)12-20-15(2)22-24(21(20)26)17-7-9-19(10-8-17)27-13-25/h5-13H,1-4H3. The first-order chi connectivity index (χ1) is 12.9. The molecule has 1 aliphatic rings. The van der Waals surface area contributed by atoms with Crippen LogP contribution in [0.3, 0.4) is 0 Å². The number of rotatable bonds is 5. The number of anilines is 2. The lowest BCUT2D eigenvalue weighted by atomic mass is 10.0. The summed E-state index contributed by atoms with van der Waals surface area (Å²) >= 11 is 0.